The van der Waals surface area contributed by atoms with Crippen LogP contribution < -0.4 is 14.8 Å². The number of thiazole rings is 1. The number of ether oxygens (including phenoxy) is 2. The van der Waals surface area contributed by atoms with Gasteiger partial charge in [-0.1, -0.05) is 34.1 Å². The van der Waals surface area contributed by atoms with E-state index in [-0.39, 0.29) is 5.91 Å². The van der Waals surface area contributed by atoms with Gasteiger partial charge in [0.15, 0.2) is 16.6 Å². The van der Waals surface area contributed by atoms with Crippen LogP contribution in [-0.2, 0) is 4.79 Å². The van der Waals surface area contributed by atoms with Crippen molar-refractivity contribution in [1.29, 1.82) is 0 Å². The molecule has 0 radical (unpaired) electrons. The van der Waals surface area contributed by atoms with Crippen molar-refractivity contribution in [2.45, 2.75) is 6.92 Å². The molecule has 5 nitrogen and oxygen atoms in total. The Morgan fingerprint density at radius 3 is 2.71 bits per heavy atom. The largest absolute Gasteiger partial charge is 0.493 e. The third-order valence-electron chi connectivity index (χ3n) is 3.79. The van der Waals surface area contributed by atoms with Crippen molar-refractivity contribution < 1.29 is 14.3 Å². The maximum atomic E-state index is 12.2. The summed E-state index contributed by atoms with van der Waals surface area (Å²) >= 11 is 4.80. The first-order valence-electron chi connectivity index (χ1n) is 8.60. The molecule has 7 heteroatoms. The number of anilines is 1. The normalized spacial score (nSPS) is 10.8. The summed E-state index contributed by atoms with van der Waals surface area (Å²) in [6.45, 7) is 2.47. The summed E-state index contributed by atoms with van der Waals surface area (Å²) in [7, 11) is 1.59. The Bertz CT molecular complexity index is 984. The van der Waals surface area contributed by atoms with E-state index in [0.717, 1.165) is 21.3 Å². The summed E-state index contributed by atoms with van der Waals surface area (Å²) in [5.74, 6) is 1.06. The van der Waals surface area contributed by atoms with Gasteiger partial charge in [0.05, 0.1) is 19.4 Å². The van der Waals surface area contributed by atoms with Crippen LogP contribution >= 0.6 is 27.3 Å². The zero-order valence-corrected chi connectivity index (χ0v) is 17.8. The van der Waals surface area contributed by atoms with Crippen LogP contribution in [0, 0.1) is 0 Å². The number of nitrogens with zero attached hydrogens (tertiary/aromatic N) is 1. The Kier molecular flexibility index (Phi) is 6.84. The lowest BCUT2D eigenvalue weighted by molar-refractivity contribution is -0.111. The second-order valence-corrected chi connectivity index (χ2v) is 7.48. The van der Waals surface area contributed by atoms with E-state index in [1.807, 2.05) is 54.8 Å². The van der Waals surface area contributed by atoms with Crippen molar-refractivity contribution in [3.63, 3.8) is 0 Å². The fraction of sp³-hybridized carbons (Fsp3) is 0.143. The molecule has 0 fully saturated rings. The Balaban J connectivity index is 1.65. The van der Waals surface area contributed by atoms with Crippen LogP contribution in [0.2, 0.25) is 0 Å². The molecule has 0 unspecified atom stereocenters. The van der Waals surface area contributed by atoms with Crippen molar-refractivity contribution >= 4 is 44.4 Å². The number of hydrogen-bond donors (Lipinski definition) is 1. The minimum absolute atomic E-state index is 0.246. The van der Waals surface area contributed by atoms with Crippen LogP contribution in [0.4, 0.5) is 5.13 Å². The van der Waals surface area contributed by atoms with Gasteiger partial charge in [-0.05, 0) is 42.8 Å². The Labute approximate surface area is 176 Å². The Morgan fingerprint density at radius 1 is 1.21 bits per heavy atom. The Hall–Kier alpha value is -2.64. The molecule has 1 N–H and O–H groups in total. The van der Waals surface area contributed by atoms with Gasteiger partial charge in [-0.25, -0.2) is 4.98 Å². The summed E-state index contributed by atoms with van der Waals surface area (Å²) in [4.78, 5) is 16.7. The molecule has 0 bridgehead atoms. The summed E-state index contributed by atoms with van der Waals surface area (Å²) < 4.78 is 11.8. The molecule has 1 aromatic heterocycles. The van der Waals surface area contributed by atoms with Gasteiger partial charge < -0.3 is 9.47 Å². The van der Waals surface area contributed by atoms with E-state index in [1.54, 1.807) is 13.2 Å². The number of halogens is 1. The fourth-order valence-electron chi connectivity index (χ4n) is 2.47. The van der Waals surface area contributed by atoms with Crippen LogP contribution in [0.1, 0.15) is 12.5 Å². The summed E-state index contributed by atoms with van der Waals surface area (Å²) in [5, 5.41) is 5.26. The Morgan fingerprint density at radius 2 is 2.00 bits per heavy atom. The zero-order chi connectivity index (χ0) is 19.9. The molecule has 144 valence electrons. The fourth-order valence-corrected chi connectivity index (χ4v) is 3.45. The second-order valence-electron chi connectivity index (χ2n) is 5.71. The van der Waals surface area contributed by atoms with Gasteiger partial charge in [0.1, 0.15) is 0 Å². The molecule has 1 heterocycles. The van der Waals surface area contributed by atoms with E-state index < -0.39 is 0 Å². The highest BCUT2D eigenvalue weighted by molar-refractivity contribution is 9.10. The van der Waals surface area contributed by atoms with Gasteiger partial charge in [-0.3, -0.25) is 10.1 Å². The minimum Gasteiger partial charge on any atom is -0.493 e. The number of benzene rings is 2. The van der Waals surface area contributed by atoms with Crippen LogP contribution in [-0.4, -0.2) is 24.6 Å². The van der Waals surface area contributed by atoms with Crippen molar-refractivity contribution in [1.82, 2.24) is 4.98 Å². The van der Waals surface area contributed by atoms with E-state index in [0.29, 0.717) is 23.2 Å². The number of nitrogens with one attached hydrogen (secondary N) is 1. The number of aromatic nitrogens is 1. The molecule has 0 saturated heterocycles. The van der Waals surface area contributed by atoms with Gasteiger partial charge >= 0.3 is 0 Å². The van der Waals surface area contributed by atoms with E-state index in [9.17, 15) is 4.79 Å². The number of amides is 1. The molecular formula is C21H19BrN2O3S. The summed E-state index contributed by atoms with van der Waals surface area (Å²) in [5.41, 5.74) is 2.66. The third kappa shape index (κ3) is 5.21. The van der Waals surface area contributed by atoms with Gasteiger partial charge in [0.25, 0.3) is 0 Å². The maximum Gasteiger partial charge on any atom is 0.250 e. The predicted octanol–water partition coefficient (Wildman–Crippen LogP) is 5.63. The number of methoxy groups -OCH3 is 1. The highest BCUT2D eigenvalue weighted by Gasteiger charge is 2.07. The van der Waals surface area contributed by atoms with E-state index in [1.165, 1.54) is 17.4 Å². The molecule has 1 amide bonds. The molecule has 0 saturated carbocycles. The van der Waals surface area contributed by atoms with Crippen LogP contribution in [0.15, 0.2) is 58.4 Å². The monoisotopic (exact) mass is 458 g/mol. The molecule has 0 aliphatic heterocycles. The molecule has 0 aliphatic rings. The topological polar surface area (TPSA) is 60.5 Å². The lowest BCUT2D eigenvalue weighted by Gasteiger charge is -2.09. The highest BCUT2D eigenvalue weighted by atomic mass is 79.9. The molecule has 2 aromatic carbocycles. The zero-order valence-electron chi connectivity index (χ0n) is 15.4. The van der Waals surface area contributed by atoms with Crippen LogP contribution in [0.3, 0.4) is 0 Å². The molecule has 3 rings (SSSR count). The lowest BCUT2D eigenvalue weighted by Crippen LogP contribution is -2.07. The summed E-state index contributed by atoms with van der Waals surface area (Å²) in [6.07, 6.45) is 3.19. The van der Waals surface area contributed by atoms with Crippen molar-refractivity contribution in [3.8, 4) is 22.8 Å². The predicted molar refractivity (Wildman–Crippen MR) is 117 cm³/mol. The van der Waals surface area contributed by atoms with Crippen molar-refractivity contribution in [3.05, 3.63) is 64.0 Å². The average molecular weight is 459 g/mol. The summed E-state index contributed by atoms with van der Waals surface area (Å²) in [6, 6.07) is 13.4. The SMILES string of the molecule is CCOc1ccc(/C=C/C(=O)Nc2nc(-c3ccc(Br)cc3)cs2)cc1OC. The van der Waals surface area contributed by atoms with Crippen molar-refractivity contribution in [2.75, 3.05) is 19.0 Å². The second kappa shape index (κ2) is 9.52. The van der Waals surface area contributed by atoms with Gasteiger partial charge in [-0.15, -0.1) is 11.3 Å². The first kappa shape index (κ1) is 20.1. The molecule has 0 aliphatic carbocycles. The number of carbonyl (C=O) groups is 1. The van der Waals surface area contributed by atoms with Gasteiger partial charge in [0, 0.05) is 21.5 Å². The minimum atomic E-state index is -0.246. The molecular weight excluding hydrogens is 440 g/mol. The first-order valence-corrected chi connectivity index (χ1v) is 10.3. The van der Waals surface area contributed by atoms with E-state index in [4.69, 9.17) is 9.47 Å². The van der Waals surface area contributed by atoms with Crippen LogP contribution in [0.5, 0.6) is 11.5 Å². The van der Waals surface area contributed by atoms with E-state index in [2.05, 4.69) is 26.2 Å². The first-order chi connectivity index (χ1) is 13.6. The maximum absolute atomic E-state index is 12.2. The lowest BCUT2D eigenvalue weighted by atomic mass is 10.2. The highest BCUT2D eigenvalue weighted by Crippen LogP contribution is 2.29. The van der Waals surface area contributed by atoms with Crippen LogP contribution in [0.25, 0.3) is 17.3 Å². The number of rotatable bonds is 7. The average Bonchev–Trinajstić information content (AvgIpc) is 3.16. The molecule has 28 heavy (non-hydrogen) atoms. The third-order valence-corrected chi connectivity index (χ3v) is 5.08. The van der Waals surface area contributed by atoms with E-state index >= 15 is 0 Å². The number of carbonyl (C=O) groups excluding carboxylic acids is 1. The van der Waals surface area contributed by atoms with Gasteiger partial charge in [0.2, 0.25) is 5.91 Å². The van der Waals surface area contributed by atoms with Gasteiger partial charge in [-0.2, -0.15) is 0 Å². The number of hydrogen-bond acceptors (Lipinski definition) is 5. The molecule has 0 spiro atoms. The quantitative estimate of drug-likeness (QED) is 0.465. The molecule has 0 atom stereocenters. The molecule has 3 aromatic rings. The smallest absolute Gasteiger partial charge is 0.250 e. The van der Waals surface area contributed by atoms with Crippen molar-refractivity contribution in [2.24, 2.45) is 0 Å². The standard InChI is InChI=1S/C21H19BrN2O3S/c1-3-27-18-10-4-14(12-19(18)26-2)5-11-20(25)24-21-23-17(13-28-21)15-6-8-16(22)9-7-15/h4-13H,3H2,1-2H3,(H,23,24,25)/b11-5+.